The number of phosphoric ester groups is 1. The predicted octanol–water partition coefficient (Wildman–Crippen LogP) is 13.8. The van der Waals surface area contributed by atoms with E-state index in [0.717, 1.165) is 0 Å². The molecule has 0 atom stereocenters. The molecule has 4 nitrogen and oxygen atoms in total. The van der Waals surface area contributed by atoms with Crippen LogP contribution in [-0.4, -0.2) is 132 Å². The Kier molecular flexibility index (Phi) is 16.9. The number of rotatable bonds is 24. The van der Waals surface area contributed by atoms with Crippen molar-refractivity contribution >= 4 is 7.82 Å². The molecule has 0 bridgehead atoms. The van der Waals surface area contributed by atoms with Crippen molar-refractivity contribution in [2.24, 2.45) is 0 Å². The van der Waals surface area contributed by atoms with Gasteiger partial charge in [0.05, 0.1) is 13.2 Å². The Morgan fingerprint density at radius 1 is 0.239 bits per heavy atom. The molecule has 0 saturated heterocycles. The topological polar surface area (TPSA) is 58.6 Å². The third kappa shape index (κ3) is 9.30. The van der Waals surface area contributed by atoms with Crippen molar-refractivity contribution in [3.63, 3.8) is 0 Å². The van der Waals surface area contributed by atoms with E-state index in [4.69, 9.17) is 0 Å². The summed E-state index contributed by atoms with van der Waals surface area (Å²) < 4.78 is 581. The van der Waals surface area contributed by atoms with Crippen molar-refractivity contribution < 1.29 is 203 Å². The zero-order valence-corrected chi connectivity index (χ0v) is 31.7. The molecule has 0 N–H and O–H groups in total. The van der Waals surface area contributed by atoms with Gasteiger partial charge in [0, 0.05) is 12.8 Å². The van der Waals surface area contributed by atoms with E-state index in [-0.39, 0.29) is 0 Å². The fourth-order valence-electron chi connectivity index (χ4n) is 4.10. The van der Waals surface area contributed by atoms with Crippen molar-refractivity contribution in [1.82, 2.24) is 0 Å². The molecule has 0 rings (SSSR count). The maximum absolute atomic E-state index is 14.0. The van der Waals surface area contributed by atoms with Crippen LogP contribution in [0.2, 0.25) is 0 Å². The molecule has 0 saturated carbocycles. The molecule has 0 unspecified atom stereocenters. The molecule has 0 fully saturated rings. The van der Waals surface area contributed by atoms with Crippen LogP contribution < -0.4 is 4.89 Å². The number of alkyl halides is 42. The first-order valence-electron chi connectivity index (χ1n) is 15.5. The monoisotopic (exact) mass is 1190 g/mol. The summed E-state index contributed by atoms with van der Waals surface area (Å²) in [5.41, 5.74) is 0. The fourth-order valence-corrected chi connectivity index (χ4v) is 4.81. The van der Waals surface area contributed by atoms with Crippen LogP contribution >= 0.6 is 7.82 Å². The standard InChI is InChI=1S/C24H9F42O4P/c25-5(26,7(29,30)9(33,34)11(37,38)13(41,42)15(45,46)17(49,50)19(53,54)21(57,58)23(61,62)63)1-3-69-71(67,68)70-4-2-6(27,28)8(31,32)10(35,36)12(39,40)14(43,44)16(47,48)18(51,52)20(55,56)22(59,60)24(64,65)66/h1-4H2,(H,67,68)/p-1. The fraction of sp³-hybridized carbons (Fsp3) is 1.00. The van der Waals surface area contributed by atoms with Gasteiger partial charge >= 0.3 is 119 Å². The van der Waals surface area contributed by atoms with Gasteiger partial charge in [0.1, 0.15) is 0 Å². The van der Waals surface area contributed by atoms with Gasteiger partial charge in [0.2, 0.25) is 0 Å². The largest absolute Gasteiger partial charge is 0.756 e. The highest BCUT2D eigenvalue weighted by molar-refractivity contribution is 7.45. The van der Waals surface area contributed by atoms with Gasteiger partial charge in [0.25, 0.3) is 7.82 Å². The minimum absolute atomic E-state index is 2.81. The minimum atomic E-state index is -9.68. The first-order chi connectivity index (χ1) is 29.9. The Bertz CT molecular complexity index is 1790. The summed E-state index contributed by atoms with van der Waals surface area (Å²) >= 11 is 0. The molecule has 0 heterocycles. The quantitative estimate of drug-likeness (QED) is 0.0714. The second-order valence-electron chi connectivity index (χ2n) is 13.2. The summed E-state index contributed by atoms with van der Waals surface area (Å²) in [5.74, 6) is -164. The van der Waals surface area contributed by atoms with E-state index in [1.54, 1.807) is 0 Å². The zero-order chi connectivity index (χ0) is 58.7. The molecule has 0 aromatic rings. The molecular formula is C24H8F42O4P-. The number of phosphoric acid groups is 1. The lowest BCUT2D eigenvalue weighted by Gasteiger charge is -2.44. The van der Waals surface area contributed by atoms with Gasteiger partial charge in [-0.3, -0.25) is 4.57 Å². The Labute approximate surface area is 357 Å². The molecule has 0 aromatic carbocycles. The van der Waals surface area contributed by atoms with E-state index in [1.807, 2.05) is 0 Å². The van der Waals surface area contributed by atoms with E-state index in [0.29, 0.717) is 0 Å². The van der Waals surface area contributed by atoms with E-state index in [2.05, 4.69) is 9.05 Å². The highest BCUT2D eigenvalue weighted by Crippen LogP contribution is 2.69. The summed E-state index contributed by atoms with van der Waals surface area (Å²) in [6, 6.07) is 0. The predicted molar refractivity (Wildman–Crippen MR) is 130 cm³/mol. The van der Waals surface area contributed by atoms with Crippen molar-refractivity contribution in [3.05, 3.63) is 0 Å². The van der Waals surface area contributed by atoms with E-state index < -0.39 is 153 Å². The first kappa shape index (κ1) is 68.2. The van der Waals surface area contributed by atoms with E-state index >= 15 is 0 Å². The number of hydrogen-bond acceptors (Lipinski definition) is 4. The van der Waals surface area contributed by atoms with Gasteiger partial charge < -0.3 is 13.9 Å². The lowest BCUT2D eigenvalue weighted by Crippen LogP contribution is -2.76. The van der Waals surface area contributed by atoms with Crippen LogP contribution in [0.5, 0.6) is 0 Å². The zero-order valence-electron chi connectivity index (χ0n) is 30.8. The minimum Gasteiger partial charge on any atom is -0.756 e. The van der Waals surface area contributed by atoms with Crippen molar-refractivity contribution in [2.75, 3.05) is 13.2 Å². The highest BCUT2D eigenvalue weighted by Gasteiger charge is 3.00. The maximum atomic E-state index is 14.0. The van der Waals surface area contributed by atoms with Crippen LogP contribution in [0.25, 0.3) is 0 Å². The van der Waals surface area contributed by atoms with Crippen molar-refractivity contribution in [1.29, 1.82) is 0 Å². The van der Waals surface area contributed by atoms with Gasteiger partial charge in [-0.2, -0.15) is 184 Å². The van der Waals surface area contributed by atoms with Crippen LogP contribution in [0.3, 0.4) is 0 Å². The second-order valence-corrected chi connectivity index (χ2v) is 14.6. The van der Waals surface area contributed by atoms with E-state index in [1.165, 1.54) is 0 Å². The number of hydrogen-bond donors (Lipinski definition) is 0. The van der Waals surface area contributed by atoms with Crippen LogP contribution in [0, 0.1) is 0 Å². The third-order valence-corrected chi connectivity index (χ3v) is 9.48. The average molecular weight is 1190 g/mol. The lowest BCUT2D eigenvalue weighted by atomic mass is 9.86. The smallest absolute Gasteiger partial charge is 0.460 e. The van der Waals surface area contributed by atoms with Gasteiger partial charge in [-0.05, 0) is 0 Å². The summed E-state index contributed by atoms with van der Waals surface area (Å²) in [5, 5.41) is 0. The van der Waals surface area contributed by atoms with Gasteiger partial charge in [-0.1, -0.05) is 0 Å². The normalized spacial score (nSPS) is 17.1. The lowest BCUT2D eigenvalue weighted by molar-refractivity contribution is -0.474. The summed E-state index contributed by atoms with van der Waals surface area (Å²) in [6.07, 6.45) is -24.7. The summed E-state index contributed by atoms with van der Waals surface area (Å²) in [4.78, 5) is 11.4. The number of halogens is 42. The Morgan fingerprint density at radius 2 is 0.366 bits per heavy atom. The Morgan fingerprint density at radius 3 is 0.507 bits per heavy atom. The SMILES string of the molecule is O=P([O-])(OCCC(F)(F)C(F)(F)C(F)(F)C(F)(F)C(F)(F)C(F)(F)C(F)(F)C(F)(F)C(F)(F)C(F)(F)F)OCCC(F)(F)C(F)(F)C(F)(F)C(F)(F)C(F)(F)C(F)(F)C(F)(F)C(F)(F)C(F)(F)C(F)(F)F. The molecule has 0 aliphatic rings. The molecule has 428 valence electrons. The van der Waals surface area contributed by atoms with Crippen LogP contribution in [0.1, 0.15) is 12.8 Å². The Balaban J connectivity index is 6.63. The third-order valence-electron chi connectivity index (χ3n) is 8.48. The molecule has 0 aliphatic heterocycles. The molecule has 47 heteroatoms. The molecule has 0 aliphatic carbocycles. The molecule has 0 amide bonds. The van der Waals surface area contributed by atoms with Gasteiger partial charge in [-0.25, -0.2) is 0 Å². The van der Waals surface area contributed by atoms with Crippen LogP contribution in [0.15, 0.2) is 0 Å². The maximum Gasteiger partial charge on any atom is 0.460 e. The molecule has 71 heavy (non-hydrogen) atoms. The average Bonchev–Trinajstić information content (AvgIpc) is 3.12. The molecule has 0 radical (unpaired) electrons. The van der Waals surface area contributed by atoms with Gasteiger partial charge in [-0.15, -0.1) is 0 Å². The van der Waals surface area contributed by atoms with E-state index in [9.17, 15) is 194 Å². The molecule has 0 spiro atoms. The van der Waals surface area contributed by atoms with Gasteiger partial charge in [0.15, 0.2) is 0 Å². The second kappa shape index (κ2) is 17.6. The summed E-state index contributed by atoms with van der Waals surface area (Å²) in [7, 11) is -7.44. The molecular weight excluding hydrogens is 1180 g/mol. The summed E-state index contributed by atoms with van der Waals surface area (Å²) in [6.45, 7) is -6.82. The molecule has 0 aromatic heterocycles. The van der Waals surface area contributed by atoms with Crippen LogP contribution in [-0.2, 0) is 13.6 Å². The highest BCUT2D eigenvalue weighted by atomic mass is 31.2. The first-order valence-corrected chi connectivity index (χ1v) is 16.9. The van der Waals surface area contributed by atoms with Crippen molar-refractivity contribution in [2.45, 2.75) is 132 Å². The van der Waals surface area contributed by atoms with Crippen molar-refractivity contribution in [3.8, 4) is 0 Å². The van der Waals surface area contributed by atoms with Crippen LogP contribution in [0.4, 0.5) is 184 Å². The Hall–Kier alpha value is -2.83.